The van der Waals surface area contributed by atoms with Crippen molar-refractivity contribution >= 4 is 15.9 Å². The molecule has 118 valence electrons. The van der Waals surface area contributed by atoms with Crippen LogP contribution < -0.4 is 4.74 Å². The summed E-state index contributed by atoms with van der Waals surface area (Å²) in [5, 5.41) is 0. The van der Waals surface area contributed by atoms with Gasteiger partial charge in [0.15, 0.2) is 6.61 Å². The zero-order chi connectivity index (χ0) is 15.5. The fourth-order valence-corrected chi connectivity index (χ4v) is 2.89. The maximum absolute atomic E-state index is 12.3. The van der Waals surface area contributed by atoms with E-state index >= 15 is 0 Å². The molecule has 1 atom stereocenters. The van der Waals surface area contributed by atoms with Crippen LogP contribution in [0.15, 0.2) is 22.7 Å². The number of hydrogen-bond acceptors (Lipinski definition) is 3. The second-order valence-corrected chi connectivity index (χ2v) is 5.87. The van der Waals surface area contributed by atoms with Gasteiger partial charge in [0.05, 0.1) is 10.6 Å². The Bertz CT molecular complexity index is 482. The van der Waals surface area contributed by atoms with E-state index < -0.39 is 12.8 Å². The van der Waals surface area contributed by atoms with Crippen LogP contribution in [0.1, 0.15) is 12.0 Å². The van der Waals surface area contributed by atoms with E-state index in [-0.39, 0.29) is 11.9 Å². The molecule has 1 fully saturated rings. The normalized spacial score (nSPS) is 20.0. The van der Waals surface area contributed by atoms with E-state index in [4.69, 9.17) is 9.47 Å². The summed E-state index contributed by atoms with van der Waals surface area (Å²) in [6.45, 7) is 0.904. The van der Waals surface area contributed by atoms with Crippen LogP contribution in [0.2, 0.25) is 0 Å². The zero-order valence-corrected chi connectivity index (χ0v) is 13.2. The molecule has 7 heteroatoms. The average Bonchev–Trinajstić information content (AvgIpc) is 2.84. The van der Waals surface area contributed by atoms with Crippen LogP contribution in [0.4, 0.5) is 13.2 Å². The van der Waals surface area contributed by atoms with Crippen LogP contribution in [0.3, 0.4) is 0 Å². The number of methoxy groups -OCH3 is 1. The first-order valence-electron chi connectivity index (χ1n) is 6.61. The van der Waals surface area contributed by atoms with Gasteiger partial charge in [0.2, 0.25) is 0 Å². The summed E-state index contributed by atoms with van der Waals surface area (Å²) >= 11 is 3.25. The minimum Gasteiger partial charge on any atom is -0.483 e. The van der Waals surface area contributed by atoms with Crippen molar-refractivity contribution in [2.45, 2.75) is 25.2 Å². The van der Waals surface area contributed by atoms with Crippen molar-refractivity contribution in [3.8, 4) is 5.75 Å². The SMILES string of the molecule is CO[C@H]1CCN(Cc2cccc(Br)c2OCC(F)(F)F)C1. The number of hydrogen-bond donors (Lipinski definition) is 0. The zero-order valence-electron chi connectivity index (χ0n) is 11.6. The minimum absolute atomic E-state index is 0.191. The second-order valence-electron chi connectivity index (χ2n) is 5.01. The molecule has 1 heterocycles. The molecular weight excluding hydrogens is 351 g/mol. The lowest BCUT2D eigenvalue weighted by molar-refractivity contribution is -0.153. The Labute approximate surface area is 130 Å². The lowest BCUT2D eigenvalue weighted by Crippen LogP contribution is -2.24. The fraction of sp³-hybridized carbons (Fsp3) is 0.571. The maximum Gasteiger partial charge on any atom is 0.422 e. The molecule has 21 heavy (non-hydrogen) atoms. The molecule has 2 rings (SSSR count). The molecule has 1 aromatic rings. The van der Waals surface area contributed by atoms with Crippen molar-refractivity contribution in [1.82, 2.24) is 4.90 Å². The van der Waals surface area contributed by atoms with Gasteiger partial charge in [0.25, 0.3) is 0 Å². The molecule has 1 aromatic carbocycles. The van der Waals surface area contributed by atoms with Crippen molar-refractivity contribution in [3.63, 3.8) is 0 Å². The predicted octanol–water partition coefficient (Wildman–Crippen LogP) is 3.61. The third-order valence-corrected chi connectivity index (χ3v) is 4.01. The summed E-state index contributed by atoms with van der Waals surface area (Å²) in [6, 6.07) is 5.26. The molecule has 0 amide bonds. The van der Waals surface area contributed by atoms with Gasteiger partial charge >= 0.3 is 6.18 Å². The molecule has 3 nitrogen and oxygen atoms in total. The molecule has 0 unspecified atom stereocenters. The summed E-state index contributed by atoms with van der Waals surface area (Å²) < 4.78 is 47.8. The number of ether oxygens (including phenoxy) is 2. The largest absolute Gasteiger partial charge is 0.483 e. The third kappa shape index (κ3) is 4.86. The van der Waals surface area contributed by atoms with E-state index in [2.05, 4.69) is 20.8 Å². The van der Waals surface area contributed by atoms with Gasteiger partial charge in [-0.25, -0.2) is 0 Å². The Balaban J connectivity index is 2.07. The highest BCUT2D eigenvalue weighted by Crippen LogP contribution is 2.32. The standard InChI is InChI=1S/C14H17BrF3NO2/c1-20-11-5-6-19(8-11)7-10-3-2-4-12(15)13(10)21-9-14(16,17)18/h2-4,11H,5-9H2,1H3/t11-/m0/s1. The summed E-state index contributed by atoms with van der Waals surface area (Å²) in [4.78, 5) is 2.15. The van der Waals surface area contributed by atoms with Crippen molar-refractivity contribution in [3.05, 3.63) is 28.2 Å². The van der Waals surface area contributed by atoms with Crippen molar-refractivity contribution in [1.29, 1.82) is 0 Å². The quantitative estimate of drug-likeness (QED) is 0.793. The van der Waals surface area contributed by atoms with Crippen LogP contribution in [-0.2, 0) is 11.3 Å². The number of benzene rings is 1. The van der Waals surface area contributed by atoms with E-state index in [1.165, 1.54) is 0 Å². The van der Waals surface area contributed by atoms with Gasteiger partial charge in [0.1, 0.15) is 5.75 Å². The highest BCUT2D eigenvalue weighted by molar-refractivity contribution is 9.10. The summed E-state index contributed by atoms with van der Waals surface area (Å²) in [5.74, 6) is 0.260. The molecule has 0 aliphatic carbocycles. The minimum atomic E-state index is -4.35. The Morgan fingerprint density at radius 3 is 2.76 bits per heavy atom. The Hall–Kier alpha value is -0.790. The highest BCUT2D eigenvalue weighted by Gasteiger charge is 2.30. The van der Waals surface area contributed by atoms with Gasteiger partial charge in [-0.15, -0.1) is 0 Å². The summed E-state index contributed by atoms with van der Waals surface area (Å²) in [7, 11) is 1.67. The Morgan fingerprint density at radius 1 is 1.38 bits per heavy atom. The fourth-order valence-electron chi connectivity index (χ4n) is 2.37. The van der Waals surface area contributed by atoms with E-state index in [1.807, 2.05) is 0 Å². The van der Waals surface area contributed by atoms with Gasteiger partial charge in [-0.1, -0.05) is 12.1 Å². The van der Waals surface area contributed by atoms with Crippen LogP contribution in [0, 0.1) is 0 Å². The highest BCUT2D eigenvalue weighted by atomic mass is 79.9. The van der Waals surface area contributed by atoms with E-state index in [0.717, 1.165) is 25.1 Å². The van der Waals surface area contributed by atoms with Gasteiger partial charge in [-0.3, -0.25) is 4.90 Å². The first-order valence-corrected chi connectivity index (χ1v) is 7.40. The Morgan fingerprint density at radius 2 is 2.14 bits per heavy atom. The summed E-state index contributed by atoms with van der Waals surface area (Å²) in [5.41, 5.74) is 0.741. The first kappa shape index (κ1) is 16.6. The molecule has 1 aliphatic rings. The number of rotatable bonds is 5. The van der Waals surface area contributed by atoms with Crippen molar-refractivity contribution in [2.75, 3.05) is 26.8 Å². The number of halogens is 4. The molecule has 0 radical (unpaired) electrons. The van der Waals surface area contributed by atoms with Gasteiger partial charge < -0.3 is 9.47 Å². The van der Waals surface area contributed by atoms with Crippen molar-refractivity contribution < 1.29 is 22.6 Å². The lowest BCUT2D eigenvalue weighted by atomic mass is 10.2. The number of likely N-dealkylation sites (tertiary alicyclic amines) is 1. The number of para-hydroxylation sites is 1. The van der Waals surface area contributed by atoms with Crippen LogP contribution in [-0.4, -0.2) is 44.0 Å². The molecule has 0 bridgehead atoms. The van der Waals surface area contributed by atoms with Crippen LogP contribution >= 0.6 is 15.9 Å². The van der Waals surface area contributed by atoms with Crippen LogP contribution in [0.5, 0.6) is 5.75 Å². The molecule has 0 N–H and O–H groups in total. The molecule has 1 saturated heterocycles. The average molecular weight is 368 g/mol. The molecule has 0 aromatic heterocycles. The van der Waals surface area contributed by atoms with E-state index in [9.17, 15) is 13.2 Å². The van der Waals surface area contributed by atoms with Gasteiger partial charge in [-0.05, 0) is 28.4 Å². The number of nitrogens with zero attached hydrogens (tertiary/aromatic N) is 1. The van der Waals surface area contributed by atoms with E-state index in [0.29, 0.717) is 11.0 Å². The van der Waals surface area contributed by atoms with Gasteiger partial charge in [-0.2, -0.15) is 13.2 Å². The van der Waals surface area contributed by atoms with Crippen molar-refractivity contribution in [2.24, 2.45) is 0 Å². The molecule has 1 aliphatic heterocycles. The van der Waals surface area contributed by atoms with Gasteiger partial charge in [0, 0.05) is 32.3 Å². The Kier molecular flexibility index (Phi) is 5.51. The van der Waals surface area contributed by atoms with Crippen LogP contribution in [0.25, 0.3) is 0 Å². The smallest absolute Gasteiger partial charge is 0.422 e. The lowest BCUT2D eigenvalue weighted by Gasteiger charge is -2.19. The summed E-state index contributed by atoms with van der Waals surface area (Å²) in [6.07, 6.45) is -3.22. The third-order valence-electron chi connectivity index (χ3n) is 3.39. The molecule has 0 saturated carbocycles. The first-order chi connectivity index (χ1) is 9.89. The monoisotopic (exact) mass is 367 g/mol. The molecular formula is C14H17BrF3NO2. The molecule has 0 spiro atoms. The topological polar surface area (TPSA) is 21.7 Å². The van der Waals surface area contributed by atoms with E-state index in [1.54, 1.807) is 25.3 Å². The predicted molar refractivity (Wildman–Crippen MR) is 76.4 cm³/mol. The maximum atomic E-state index is 12.3. The second kappa shape index (κ2) is 6.98. The number of alkyl halides is 3.